The number of benzene rings is 1. The number of aryl methyl sites for hydroxylation is 1. The first-order valence-corrected chi connectivity index (χ1v) is 12.7. The van der Waals surface area contributed by atoms with Crippen LogP contribution >= 0.6 is 0 Å². The predicted octanol–water partition coefficient (Wildman–Crippen LogP) is 7.84. The van der Waals surface area contributed by atoms with Crippen molar-refractivity contribution in [1.82, 2.24) is 0 Å². The van der Waals surface area contributed by atoms with Crippen LogP contribution in [0, 0.1) is 0 Å². The van der Waals surface area contributed by atoms with E-state index >= 15 is 0 Å². The van der Waals surface area contributed by atoms with E-state index in [0.717, 1.165) is 31.2 Å². The molecule has 1 rings (SSSR count). The maximum atomic E-state index is 13.6. The predicted molar refractivity (Wildman–Crippen MR) is 107 cm³/mol. The van der Waals surface area contributed by atoms with Crippen molar-refractivity contribution in [1.29, 1.82) is 0 Å². The minimum absolute atomic E-state index is 0.0622. The normalized spacial score (nSPS) is 11.5. The van der Waals surface area contributed by atoms with E-state index < -0.39 is 20.0 Å². The molecule has 1 aromatic carbocycles. The lowest BCUT2D eigenvalue weighted by Crippen LogP contribution is -2.30. The van der Waals surface area contributed by atoms with Crippen LogP contribution in [-0.4, -0.2) is 14.7 Å². The molecule has 1 nitrogen and oxygen atoms in total. The summed E-state index contributed by atoms with van der Waals surface area (Å²) in [6.45, 7) is 9.52. The molecular formula is C21H33F3OSi. The number of rotatable bonds is 12. The van der Waals surface area contributed by atoms with Crippen LogP contribution in [-0.2, 0) is 6.42 Å². The van der Waals surface area contributed by atoms with Gasteiger partial charge >= 0.3 is 6.08 Å². The Hall–Kier alpha value is -1.23. The lowest BCUT2D eigenvalue weighted by molar-refractivity contribution is 0.306. The second kappa shape index (κ2) is 11.5. The van der Waals surface area contributed by atoms with E-state index in [0.29, 0.717) is 12.4 Å². The van der Waals surface area contributed by atoms with E-state index in [2.05, 4.69) is 27.7 Å². The van der Waals surface area contributed by atoms with Crippen molar-refractivity contribution < 1.29 is 17.9 Å². The maximum Gasteiger partial charge on any atom is 0.306 e. The van der Waals surface area contributed by atoms with Gasteiger partial charge in [0.25, 0.3) is 0 Å². The van der Waals surface area contributed by atoms with Gasteiger partial charge in [-0.15, -0.1) is 0 Å². The molecule has 0 unspecified atom stereocenters. The molecule has 1 aromatic rings. The second-order valence-electron chi connectivity index (χ2n) is 7.01. The highest BCUT2D eigenvalue weighted by atomic mass is 28.3. The van der Waals surface area contributed by atoms with Crippen molar-refractivity contribution in [3.05, 3.63) is 35.4 Å². The minimum Gasteiger partial charge on any atom is -0.493 e. The molecule has 0 saturated heterocycles. The zero-order chi connectivity index (χ0) is 19.6. The van der Waals surface area contributed by atoms with Gasteiger partial charge in [0.1, 0.15) is 5.75 Å². The Morgan fingerprint density at radius 1 is 0.962 bits per heavy atom. The van der Waals surface area contributed by atoms with Gasteiger partial charge in [0.15, 0.2) is 5.83 Å². The van der Waals surface area contributed by atoms with Gasteiger partial charge in [0, 0.05) is 5.56 Å². The van der Waals surface area contributed by atoms with Crippen LogP contribution in [0.4, 0.5) is 13.2 Å². The fraction of sp³-hybridized carbons (Fsp3) is 0.619. The molecule has 0 amide bonds. The number of unbranched alkanes of at least 4 members (excludes halogenated alkanes) is 1. The summed E-state index contributed by atoms with van der Waals surface area (Å²) in [7, 11) is -1.22. The summed E-state index contributed by atoms with van der Waals surface area (Å²) in [4.78, 5) is 0. The third-order valence-corrected chi connectivity index (χ3v) is 11.6. The van der Waals surface area contributed by atoms with Gasteiger partial charge in [-0.1, -0.05) is 64.7 Å². The quantitative estimate of drug-likeness (QED) is 0.262. The van der Waals surface area contributed by atoms with E-state index in [1.54, 1.807) is 6.07 Å². The van der Waals surface area contributed by atoms with Gasteiger partial charge in [-0.2, -0.15) is 8.78 Å². The lowest BCUT2D eigenvalue weighted by atomic mass is 10.0. The molecular weight excluding hydrogens is 353 g/mol. The zero-order valence-corrected chi connectivity index (χ0v) is 17.6. The van der Waals surface area contributed by atoms with Gasteiger partial charge in [-0.05, 0) is 36.6 Å². The van der Waals surface area contributed by atoms with E-state index in [1.165, 1.54) is 36.3 Å². The zero-order valence-electron chi connectivity index (χ0n) is 16.6. The summed E-state index contributed by atoms with van der Waals surface area (Å²) in [5.41, 5.74) is 0.772. The van der Waals surface area contributed by atoms with Gasteiger partial charge in [0.05, 0.1) is 14.7 Å². The van der Waals surface area contributed by atoms with Gasteiger partial charge in [0.2, 0.25) is 0 Å². The van der Waals surface area contributed by atoms with Crippen molar-refractivity contribution >= 4 is 13.9 Å². The summed E-state index contributed by atoms with van der Waals surface area (Å²) in [5.74, 6) is -0.739. The Morgan fingerprint density at radius 2 is 1.62 bits per heavy atom. The molecule has 148 valence electrons. The Bertz CT molecular complexity index is 570. The fourth-order valence-corrected chi connectivity index (χ4v) is 6.91. The van der Waals surface area contributed by atoms with Crippen molar-refractivity contribution in [2.75, 3.05) is 6.61 Å². The SMILES string of the molecule is CCCCOc1ccc(C(F)=C(F)F)cc1CCC[Si](CC)(CC)CC. The first-order valence-electron chi connectivity index (χ1n) is 9.89. The minimum atomic E-state index is -2.27. The van der Waals surface area contributed by atoms with Crippen LogP contribution in [0.15, 0.2) is 24.3 Å². The standard InChI is InChI=1S/C21H33F3OSi/c1-5-9-14-25-19-13-12-18(20(22)21(23)24)16-17(19)11-10-15-26(6-2,7-3)8-4/h12-13,16H,5-11,14-15H2,1-4H3. The molecule has 0 aliphatic rings. The number of halogens is 3. The molecule has 0 aliphatic carbocycles. The highest BCUT2D eigenvalue weighted by Gasteiger charge is 2.25. The molecule has 0 atom stereocenters. The molecule has 0 aliphatic heterocycles. The Kier molecular flexibility index (Phi) is 10.1. The molecule has 0 aromatic heterocycles. The monoisotopic (exact) mass is 386 g/mol. The van der Waals surface area contributed by atoms with Gasteiger partial charge in [-0.25, -0.2) is 4.39 Å². The molecule has 0 saturated carbocycles. The summed E-state index contributed by atoms with van der Waals surface area (Å²) in [6.07, 6.45) is 1.43. The average Bonchev–Trinajstić information content (AvgIpc) is 2.66. The summed E-state index contributed by atoms with van der Waals surface area (Å²) >= 11 is 0. The maximum absolute atomic E-state index is 13.6. The highest BCUT2D eigenvalue weighted by Crippen LogP contribution is 2.31. The highest BCUT2D eigenvalue weighted by molar-refractivity contribution is 6.79. The first-order chi connectivity index (χ1) is 12.4. The largest absolute Gasteiger partial charge is 0.493 e. The van der Waals surface area contributed by atoms with E-state index in [1.807, 2.05) is 0 Å². The summed E-state index contributed by atoms with van der Waals surface area (Å²) in [6, 6.07) is 9.56. The molecule has 0 bridgehead atoms. The molecule has 5 heteroatoms. The number of hydrogen-bond donors (Lipinski definition) is 0. The fourth-order valence-electron chi connectivity index (χ4n) is 3.42. The van der Waals surface area contributed by atoms with E-state index in [-0.39, 0.29) is 5.56 Å². The number of hydrogen-bond acceptors (Lipinski definition) is 1. The Labute approximate surface area is 157 Å². The Balaban J connectivity index is 2.96. The van der Waals surface area contributed by atoms with E-state index in [4.69, 9.17) is 4.74 Å². The lowest BCUT2D eigenvalue weighted by Gasteiger charge is -2.28. The summed E-state index contributed by atoms with van der Waals surface area (Å²) < 4.78 is 44.7. The molecule has 26 heavy (non-hydrogen) atoms. The van der Waals surface area contributed by atoms with Crippen molar-refractivity contribution in [2.45, 2.75) is 77.6 Å². The smallest absolute Gasteiger partial charge is 0.306 e. The van der Waals surface area contributed by atoms with Crippen molar-refractivity contribution in [3.63, 3.8) is 0 Å². The second-order valence-corrected chi connectivity index (χ2v) is 12.6. The first kappa shape index (κ1) is 22.8. The van der Waals surface area contributed by atoms with Crippen LogP contribution in [0.3, 0.4) is 0 Å². The van der Waals surface area contributed by atoms with Gasteiger partial charge < -0.3 is 4.74 Å². The van der Waals surface area contributed by atoms with Crippen LogP contribution in [0.5, 0.6) is 5.75 Å². The third-order valence-electron chi connectivity index (χ3n) is 5.64. The van der Waals surface area contributed by atoms with Crippen LogP contribution in [0.25, 0.3) is 5.83 Å². The van der Waals surface area contributed by atoms with Crippen molar-refractivity contribution in [3.8, 4) is 5.75 Å². The summed E-state index contributed by atoms with van der Waals surface area (Å²) in [5, 5.41) is 0. The average molecular weight is 387 g/mol. The van der Waals surface area contributed by atoms with Crippen LogP contribution < -0.4 is 4.74 Å². The van der Waals surface area contributed by atoms with Gasteiger partial charge in [-0.3, -0.25) is 0 Å². The van der Waals surface area contributed by atoms with Crippen LogP contribution in [0.2, 0.25) is 24.2 Å². The molecule has 0 spiro atoms. The third kappa shape index (κ3) is 6.49. The van der Waals surface area contributed by atoms with Crippen LogP contribution in [0.1, 0.15) is 58.1 Å². The van der Waals surface area contributed by atoms with E-state index in [9.17, 15) is 13.2 Å². The van der Waals surface area contributed by atoms with Crippen molar-refractivity contribution in [2.24, 2.45) is 0 Å². The number of ether oxygens (including phenoxy) is 1. The molecule has 0 N–H and O–H groups in total. The Morgan fingerprint density at radius 3 is 2.15 bits per heavy atom. The molecule has 0 radical (unpaired) electrons. The molecule has 0 fully saturated rings. The molecule has 0 heterocycles. The topological polar surface area (TPSA) is 9.23 Å².